The fourth-order valence-corrected chi connectivity index (χ4v) is 3.33. The van der Waals surface area contributed by atoms with Gasteiger partial charge in [-0.3, -0.25) is 4.79 Å². The lowest BCUT2D eigenvalue weighted by Crippen LogP contribution is -2.24. The SMILES string of the molecule is CC(CC(=O)c1ccc2c(c1)CC(C)(C)O2)CC(C)(C)C. The van der Waals surface area contributed by atoms with Gasteiger partial charge in [-0.2, -0.15) is 0 Å². The van der Waals surface area contributed by atoms with Crippen molar-refractivity contribution in [2.45, 2.75) is 66.4 Å². The number of fused-ring (bicyclic) bond motifs is 1. The molecule has 1 aliphatic heterocycles. The van der Waals surface area contributed by atoms with Gasteiger partial charge in [-0.05, 0) is 55.4 Å². The lowest BCUT2D eigenvalue weighted by molar-refractivity contribution is 0.0954. The Bertz CT molecular complexity index is 535. The zero-order chi connectivity index (χ0) is 15.8. The molecule has 0 radical (unpaired) electrons. The molecule has 0 fully saturated rings. The van der Waals surface area contributed by atoms with Gasteiger partial charge in [0.2, 0.25) is 0 Å². The highest BCUT2D eigenvalue weighted by molar-refractivity contribution is 5.96. The zero-order valence-electron chi connectivity index (χ0n) is 14.2. The van der Waals surface area contributed by atoms with E-state index in [0.29, 0.717) is 12.3 Å². The third kappa shape index (κ3) is 4.33. The molecule has 0 bridgehead atoms. The Morgan fingerprint density at radius 3 is 2.62 bits per heavy atom. The smallest absolute Gasteiger partial charge is 0.163 e. The molecule has 1 unspecified atom stereocenters. The first-order chi connectivity index (χ1) is 9.56. The summed E-state index contributed by atoms with van der Waals surface area (Å²) >= 11 is 0. The molecule has 0 aromatic heterocycles. The number of ketones is 1. The highest BCUT2D eigenvalue weighted by Crippen LogP contribution is 2.35. The lowest BCUT2D eigenvalue weighted by Gasteiger charge is -2.22. The van der Waals surface area contributed by atoms with Crippen LogP contribution in [0.15, 0.2) is 18.2 Å². The van der Waals surface area contributed by atoms with E-state index in [1.165, 1.54) is 0 Å². The first-order valence-electron chi connectivity index (χ1n) is 7.91. The second kappa shape index (κ2) is 5.47. The van der Waals surface area contributed by atoms with Crippen LogP contribution in [0.25, 0.3) is 0 Å². The van der Waals surface area contributed by atoms with E-state index in [2.05, 4.69) is 41.5 Å². The van der Waals surface area contributed by atoms with Crippen LogP contribution in [0.1, 0.15) is 70.3 Å². The van der Waals surface area contributed by atoms with Gasteiger partial charge in [-0.1, -0.05) is 27.7 Å². The minimum atomic E-state index is -0.149. The number of ether oxygens (including phenoxy) is 1. The van der Waals surface area contributed by atoms with Gasteiger partial charge in [-0.15, -0.1) is 0 Å². The van der Waals surface area contributed by atoms with Crippen LogP contribution >= 0.6 is 0 Å². The van der Waals surface area contributed by atoms with Crippen LogP contribution in [0.2, 0.25) is 0 Å². The molecule has 0 N–H and O–H groups in total. The quantitative estimate of drug-likeness (QED) is 0.725. The van der Waals surface area contributed by atoms with Crippen molar-refractivity contribution < 1.29 is 9.53 Å². The Hall–Kier alpha value is -1.31. The van der Waals surface area contributed by atoms with Crippen molar-refractivity contribution in [3.63, 3.8) is 0 Å². The van der Waals surface area contributed by atoms with E-state index in [0.717, 1.165) is 29.7 Å². The highest BCUT2D eigenvalue weighted by Gasteiger charge is 2.30. The molecule has 1 atom stereocenters. The predicted molar refractivity (Wildman–Crippen MR) is 87.0 cm³/mol. The van der Waals surface area contributed by atoms with E-state index >= 15 is 0 Å². The normalized spacial score (nSPS) is 18.0. The molecule has 0 amide bonds. The summed E-state index contributed by atoms with van der Waals surface area (Å²) in [6.45, 7) is 13.0. The maximum absolute atomic E-state index is 12.5. The molecule has 2 nitrogen and oxygen atoms in total. The first-order valence-corrected chi connectivity index (χ1v) is 7.91. The third-order valence-corrected chi connectivity index (χ3v) is 3.88. The van der Waals surface area contributed by atoms with Gasteiger partial charge in [0.1, 0.15) is 11.4 Å². The molecule has 0 saturated heterocycles. The number of hydrogen-bond donors (Lipinski definition) is 0. The maximum atomic E-state index is 12.5. The standard InChI is InChI=1S/C19H28O2/c1-13(11-18(2,3)4)9-16(20)14-7-8-17-15(10-14)12-19(5,6)21-17/h7-8,10,13H,9,11-12H2,1-6H3. The molecule has 116 valence electrons. The number of benzene rings is 1. The van der Waals surface area contributed by atoms with E-state index in [1.54, 1.807) is 0 Å². The Kier molecular flexibility index (Phi) is 4.19. The van der Waals surface area contributed by atoms with E-state index in [9.17, 15) is 4.79 Å². The summed E-state index contributed by atoms with van der Waals surface area (Å²) in [5.41, 5.74) is 2.11. The van der Waals surface area contributed by atoms with Crippen LogP contribution in [0.3, 0.4) is 0 Å². The molecular weight excluding hydrogens is 260 g/mol. The van der Waals surface area contributed by atoms with Crippen LogP contribution in [0.4, 0.5) is 0 Å². The van der Waals surface area contributed by atoms with E-state index < -0.39 is 0 Å². The third-order valence-electron chi connectivity index (χ3n) is 3.88. The second-order valence-electron chi connectivity index (χ2n) is 8.36. The number of hydrogen-bond acceptors (Lipinski definition) is 2. The van der Waals surface area contributed by atoms with Crippen LogP contribution in [-0.2, 0) is 6.42 Å². The largest absolute Gasteiger partial charge is 0.487 e. The summed E-state index contributed by atoms with van der Waals surface area (Å²) in [6.07, 6.45) is 2.57. The average Bonchev–Trinajstić information content (AvgIpc) is 2.58. The molecule has 1 aliphatic rings. The molecule has 1 aromatic rings. The van der Waals surface area contributed by atoms with Gasteiger partial charge in [0.25, 0.3) is 0 Å². The molecule has 1 heterocycles. The number of carbonyl (C=O) groups excluding carboxylic acids is 1. The summed E-state index contributed by atoms with van der Waals surface area (Å²) in [7, 11) is 0. The average molecular weight is 288 g/mol. The monoisotopic (exact) mass is 288 g/mol. The van der Waals surface area contributed by atoms with Gasteiger partial charge in [0, 0.05) is 18.4 Å². The molecule has 0 saturated carbocycles. The summed E-state index contributed by atoms with van der Waals surface area (Å²) in [4.78, 5) is 12.5. The highest BCUT2D eigenvalue weighted by atomic mass is 16.5. The molecule has 0 aliphatic carbocycles. The first kappa shape index (κ1) is 16.1. The summed E-state index contributed by atoms with van der Waals surface area (Å²) in [5, 5.41) is 0. The van der Waals surface area contributed by atoms with E-state index in [-0.39, 0.29) is 16.8 Å². The van der Waals surface area contributed by atoms with Crippen molar-refractivity contribution in [3.05, 3.63) is 29.3 Å². The predicted octanol–water partition coefficient (Wildman–Crippen LogP) is 5.05. The molecule has 1 aromatic carbocycles. The Morgan fingerprint density at radius 1 is 1.33 bits per heavy atom. The van der Waals surface area contributed by atoms with Crippen molar-refractivity contribution in [3.8, 4) is 5.75 Å². The van der Waals surface area contributed by atoms with Crippen LogP contribution < -0.4 is 4.74 Å². The van der Waals surface area contributed by atoms with Crippen LogP contribution in [-0.4, -0.2) is 11.4 Å². The number of carbonyl (C=O) groups is 1. The van der Waals surface area contributed by atoms with Gasteiger partial charge < -0.3 is 4.74 Å². The maximum Gasteiger partial charge on any atom is 0.163 e. The zero-order valence-corrected chi connectivity index (χ0v) is 14.2. The molecule has 2 heteroatoms. The molecule has 2 rings (SSSR count). The van der Waals surface area contributed by atoms with E-state index in [4.69, 9.17) is 4.74 Å². The van der Waals surface area contributed by atoms with Gasteiger partial charge >= 0.3 is 0 Å². The van der Waals surface area contributed by atoms with Gasteiger partial charge in [-0.25, -0.2) is 0 Å². The number of Topliss-reactive ketones (excluding diaryl/α,β-unsaturated/α-hetero) is 1. The van der Waals surface area contributed by atoms with Crippen molar-refractivity contribution in [2.75, 3.05) is 0 Å². The molecule has 21 heavy (non-hydrogen) atoms. The second-order valence-corrected chi connectivity index (χ2v) is 8.36. The molecular formula is C19H28O2. The fourth-order valence-electron chi connectivity index (χ4n) is 3.33. The summed E-state index contributed by atoms with van der Waals surface area (Å²) < 4.78 is 5.86. The number of rotatable bonds is 4. The molecule has 0 spiro atoms. The van der Waals surface area contributed by atoms with Gasteiger partial charge in [0.15, 0.2) is 5.78 Å². The topological polar surface area (TPSA) is 26.3 Å². The fraction of sp³-hybridized carbons (Fsp3) is 0.632. The lowest BCUT2D eigenvalue weighted by atomic mass is 9.83. The Morgan fingerprint density at radius 2 is 2.00 bits per heavy atom. The minimum Gasteiger partial charge on any atom is -0.487 e. The van der Waals surface area contributed by atoms with Gasteiger partial charge in [0.05, 0.1) is 0 Å². The van der Waals surface area contributed by atoms with Crippen LogP contribution in [0, 0.1) is 11.3 Å². The minimum absolute atomic E-state index is 0.149. The Balaban J connectivity index is 2.05. The van der Waals surface area contributed by atoms with Crippen molar-refractivity contribution in [1.29, 1.82) is 0 Å². The summed E-state index contributed by atoms with van der Waals surface area (Å²) in [5.74, 6) is 1.59. The van der Waals surface area contributed by atoms with E-state index in [1.807, 2.05) is 18.2 Å². The summed E-state index contributed by atoms with van der Waals surface area (Å²) in [6, 6.07) is 5.88. The van der Waals surface area contributed by atoms with Crippen molar-refractivity contribution in [1.82, 2.24) is 0 Å². The van der Waals surface area contributed by atoms with Crippen LogP contribution in [0.5, 0.6) is 5.75 Å². The van der Waals surface area contributed by atoms with Crippen molar-refractivity contribution in [2.24, 2.45) is 11.3 Å². The van der Waals surface area contributed by atoms with Crippen molar-refractivity contribution >= 4 is 5.78 Å². The Labute approximate surface area is 128 Å².